The number of nitrogens with zero attached hydrogens (tertiary/aromatic N) is 2. The lowest BCUT2D eigenvalue weighted by Crippen LogP contribution is -1.98. The minimum atomic E-state index is 0.615. The third-order valence-corrected chi connectivity index (χ3v) is 12.5. The second kappa shape index (κ2) is 14.0. The first-order valence-corrected chi connectivity index (χ1v) is 21.4. The van der Waals surface area contributed by atoms with E-state index in [9.17, 15) is 0 Å². The molecular weight excluding hydrogens is 713 g/mol. The zero-order chi connectivity index (χ0) is 39.8. The Morgan fingerprint density at radius 2 is 0.780 bits per heavy atom. The van der Waals surface area contributed by atoms with Gasteiger partial charge in [-0.1, -0.05) is 125 Å². The number of rotatable bonds is 8. The average Bonchev–Trinajstić information content (AvgIpc) is 3.90. The Bertz CT molecular complexity index is 3040. The molecule has 0 N–H and O–H groups in total. The van der Waals surface area contributed by atoms with Crippen LogP contribution in [0.25, 0.3) is 88.4 Å². The second-order valence-corrected chi connectivity index (χ2v) is 17.6. The summed E-state index contributed by atoms with van der Waals surface area (Å²) in [6.45, 7) is 9.17. The van der Waals surface area contributed by atoms with Gasteiger partial charge in [-0.2, -0.15) is 0 Å². The SMILES string of the molecule is CC(C)Cc1cccc(-n2c3ccccc3c3cc(-c4ccc5c(c4)-c4cc(-c6ccc7c(c6)c6ccccc6n7-c6cccc(CC(C)C)c6)ccc4C5)ccc32)c1. The van der Waals surface area contributed by atoms with E-state index in [-0.39, 0.29) is 0 Å². The molecule has 0 atom stereocenters. The van der Waals surface area contributed by atoms with Crippen molar-refractivity contribution in [2.75, 3.05) is 0 Å². The molecule has 59 heavy (non-hydrogen) atoms. The maximum Gasteiger partial charge on any atom is 0.0541 e. The highest BCUT2D eigenvalue weighted by molar-refractivity contribution is 6.11. The number of fused-ring (bicyclic) bond motifs is 9. The van der Waals surface area contributed by atoms with Gasteiger partial charge in [-0.15, -0.1) is 0 Å². The lowest BCUT2D eigenvalue weighted by Gasteiger charge is -2.12. The molecule has 0 saturated heterocycles. The van der Waals surface area contributed by atoms with Crippen molar-refractivity contribution in [3.8, 4) is 44.8 Å². The summed E-state index contributed by atoms with van der Waals surface area (Å²) in [7, 11) is 0. The molecule has 1 aliphatic carbocycles. The van der Waals surface area contributed by atoms with Crippen molar-refractivity contribution in [3.63, 3.8) is 0 Å². The molecule has 0 bridgehead atoms. The summed E-state index contributed by atoms with van der Waals surface area (Å²) in [5.74, 6) is 1.23. The predicted octanol–water partition coefficient (Wildman–Crippen LogP) is 15.2. The topological polar surface area (TPSA) is 9.86 Å². The third kappa shape index (κ3) is 6.09. The zero-order valence-corrected chi connectivity index (χ0v) is 34.3. The van der Waals surface area contributed by atoms with Gasteiger partial charge in [0, 0.05) is 32.9 Å². The Hall–Kier alpha value is -6.64. The number of aromatic nitrogens is 2. The Morgan fingerprint density at radius 3 is 1.24 bits per heavy atom. The van der Waals surface area contributed by atoms with Crippen LogP contribution in [0.3, 0.4) is 0 Å². The highest BCUT2D eigenvalue weighted by Gasteiger charge is 2.22. The van der Waals surface area contributed by atoms with E-state index in [0.717, 1.165) is 19.3 Å². The standard InChI is InChI=1S/C57H48N2/c1-36(2)27-38-11-9-13-46(29-38)58-54-17-7-5-15-48(54)52-34-42(23-25-56(52)58)40-19-21-44-31-45-22-20-41(33-51(45)50(44)32-40)43-24-26-57-53(35-43)49-16-6-8-18-55(49)59(57)47-14-10-12-39(30-47)28-37(3)4/h5-26,29-30,32-37H,27-28,31H2,1-4H3. The van der Waals surface area contributed by atoms with Crippen LogP contribution in [0, 0.1) is 11.8 Å². The summed E-state index contributed by atoms with van der Waals surface area (Å²) in [4.78, 5) is 0. The lowest BCUT2D eigenvalue weighted by molar-refractivity contribution is 0.647. The van der Waals surface area contributed by atoms with Crippen molar-refractivity contribution in [1.82, 2.24) is 9.13 Å². The van der Waals surface area contributed by atoms with Crippen LogP contribution in [-0.2, 0) is 19.3 Å². The molecule has 2 aromatic heterocycles. The smallest absolute Gasteiger partial charge is 0.0541 e. The van der Waals surface area contributed by atoms with Crippen LogP contribution in [0.15, 0.2) is 170 Å². The van der Waals surface area contributed by atoms with Crippen molar-refractivity contribution in [3.05, 3.63) is 192 Å². The molecule has 0 radical (unpaired) electrons. The highest BCUT2D eigenvalue weighted by atomic mass is 15.0. The van der Waals surface area contributed by atoms with Gasteiger partial charge in [0.15, 0.2) is 0 Å². The van der Waals surface area contributed by atoms with Crippen molar-refractivity contribution in [2.24, 2.45) is 11.8 Å². The molecule has 0 spiro atoms. The van der Waals surface area contributed by atoms with E-state index >= 15 is 0 Å². The van der Waals surface area contributed by atoms with E-state index < -0.39 is 0 Å². The molecule has 286 valence electrons. The zero-order valence-electron chi connectivity index (χ0n) is 34.3. The van der Waals surface area contributed by atoms with Crippen molar-refractivity contribution in [2.45, 2.75) is 47.0 Å². The van der Waals surface area contributed by atoms with Crippen LogP contribution < -0.4 is 0 Å². The maximum atomic E-state index is 2.44. The van der Waals surface area contributed by atoms with Crippen molar-refractivity contribution < 1.29 is 0 Å². The first kappa shape index (κ1) is 35.5. The van der Waals surface area contributed by atoms with E-state index in [4.69, 9.17) is 0 Å². The Labute approximate surface area is 347 Å². The molecule has 11 rings (SSSR count). The van der Waals surface area contributed by atoms with Crippen LogP contribution in [0.1, 0.15) is 49.9 Å². The van der Waals surface area contributed by atoms with Gasteiger partial charge in [0.2, 0.25) is 0 Å². The minimum absolute atomic E-state index is 0.615. The minimum Gasteiger partial charge on any atom is -0.309 e. The van der Waals surface area contributed by atoms with Gasteiger partial charge < -0.3 is 9.13 Å². The monoisotopic (exact) mass is 760 g/mol. The van der Waals surface area contributed by atoms with Gasteiger partial charge in [-0.05, 0) is 160 Å². The lowest BCUT2D eigenvalue weighted by atomic mass is 9.95. The Morgan fingerprint density at radius 1 is 0.373 bits per heavy atom. The summed E-state index contributed by atoms with van der Waals surface area (Å²) in [5, 5.41) is 5.15. The van der Waals surface area contributed by atoms with Crippen LogP contribution in [0.4, 0.5) is 0 Å². The van der Waals surface area contributed by atoms with Gasteiger partial charge in [-0.25, -0.2) is 0 Å². The largest absolute Gasteiger partial charge is 0.309 e. The molecule has 2 heteroatoms. The first-order chi connectivity index (χ1) is 28.9. The average molecular weight is 761 g/mol. The van der Waals surface area contributed by atoms with Gasteiger partial charge in [0.1, 0.15) is 0 Å². The van der Waals surface area contributed by atoms with E-state index in [0.29, 0.717) is 11.8 Å². The highest BCUT2D eigenvalue weighted by Crippen LogP contribution is 2.43. The molecule has 0 fully saturated rings. The van der Waals surface area contributed by atoms with Crippen molar-refractivity contribution in [1.29, 1.82) is 0 Å². The molecule has 10 aromatic rings. The molecule has 0 amide bonds. The van der Waals surface area contributed by atoms with E-state index in [2.05, 4.69) is 207 Å². The summed E-state index contributed by atoms with van der Waals surface area (Å²) in [6, 6.07) is 64.2. The van der Waals surface area contributed by atoms with E-state index in [1.54, 1.807) is 0 Å². The number of para-hydroxylation sites is 2. The van der Waals surface area contributed by atoms with Gasteiger partial charge in [0.05, 0.1) is 22.1 Å². The fourth-order valence-corrected chi connectivity index (χ4v) is 9.98. The van der Waals surface area contributed by atoms with Crippen LogP contribution in [0.5, 0.6) is 0 Å². The molecule has 0 unspecified atom stereocenters. The van der Waals surface area contributed by atoms with Gasteiger partial charge >= 0.3 is 0 Å². The Balaban J connectivity index is 0.975. The summed E-state index contributed by atoms with van der Waals surface area (Å²) in [5.41, 5.74) is 20.7. The normalized spacial score (nSPS) is 12.4. The number of benzene rings is 8. The maximum absolute atomic E-state index is 2.44. The number of hydrogen-bond acceptors (Lipinski definition) is 0. The molecule has 2 heterocycles. The Kier molecular flexibility index (Phi) is 8.44. The molecule has 1 aliphatic rings. The fraction of sp³-hybridized carbons (Fsp3) is 0.158. The fourth-order valence-electron chi connectivity index (χ4n) is 9.98. The molecule has 2 nitrogen and oxygen atoms in total. The summed E-state index contributed by atoms with van der Waals surface area (Å²) < 4.78 is 4.89. The van der Waals surface area contributed by atoms with Gasteiger partial charge in [0.25, 0.3) is 0 Å². The molecule has 0 aliphatic heterocycles. The summed E-state index contributed by atoms with van der Waals surface area (Å²) in [6.07, 6.45) is 3.12. The third-order valence-electron chi connectivity index (χ3n) is 12.5. The summed E-state index contributed by atoms with van der Waals surface area (Å²) >= 11 is 0. The first-order valence-electron chi connectivity index (χ1n) is 21.4. The van der Waals surface area contributed by atoms with Gasteiger partial charge in [-0.3, -0.25) is 0 Å². The molecule has 0 saturated carbocycles. The van der Waals surface area contributed by atoms with Crippen LogP contribution in [0.2, 0.25) is 0 Å². The molecule has 8 aromatic carbocycles. The molecular formula is C57H48N2. The van der Waals surface area contributed by atoms with E-state index in [1.165, 1.54) is 111 Å². The van der Waals surface area contributed by atoms with Crippen LogP contribution >= 0.6 is 0 Å². The van der Waals surface area contributed by atoms with Crippen molar-refractivity contribution >= 4 is 43.6 Å². The number of hydrogen-bond donors (Lipinski definition) is 0. The second-order valence-electron chi connectivity index (χ2n) is 17.6. The van der Waals surface area contributed by atoms with Crippen LogP contribution in [-0.4, -0.2) is 9.13 Å². The quantitative estimate of drug-likeness (QED) is 0.146. The predicted molar refractivity (Wildman–Crippen MR) is 251 cm³/mol. The van der Waals surface area contributed by atoms with E-state index in [1.807, 2.05) is 0 Å².